The van der Waals surface area contributed by atoms with Gasteiger partial charge in [0.05, 0.1) is 12.6 Å². The number of rotatable bonds is 7. The minimum atomic E-state index is -0.0813. The second kappa shape index (κ2) is 11.3. The molecule has 6 nitrogen and oxygen atoms in total. The lowest BCUT2D eigenvalue weighted by molar-refractivity contribution is -0.117. The van der Waals surface area contributed by atoms with Gasteiger partial charge in [0.2, 0.25) is 5.91 Å². The van der Waals surface area contributed by atoms with Gasteiger partial charge in [0.15, 0.2) is 0 Å². The zero-order chi connectivity index (χ0) is 23.1. The lowest BCUT2D eigenvalue weighted by Crippen LogP contribution is -2.53. The highest BCUT2D eigenvalue weighted by molar-refractivity contribution is 6.30. The van der Waals surface area contributed by atoms with E-state index in [1.165, 1.54) is 0 Å². The van der Waals surface area contributed by atoms with Gasteiger partial charge in [-0.05, 0) is 41.7 Å². The first-order chi connectivity index (χ1) is 15.4. The number of amides is 3. The first-order valence-electron chi connectivity index (χ1n) is 11.3. The van der Waals surface area contributed by atoms with Crippen LogP contribution in [0.4, 0.5) is 10.5 Å². The molecule has 0 aliphatic carbocycles. The van der Waals surface area contributed by atoms with Crippen LogP contribution in [-0.4, -0.2) is 54.5 Å². The summed E-state index contributed by atoms with van der Waals surface area (Å²) in [6.45, 7) is 9.11. The molecule has 1 heterocycles. The van der Waals surface area contributed by atoms with Crippen molar-refractivity contribution in [3.63, 3.8) is 0 Å². The Morgan fingerprint density at radius 3 is 2.28 bits per heavy atom. The van der Waals surface area contributed by atoms with Crippen molar-refractivity contribution in [1.29, 1.82) is 0 Å². The Hall–Kier alpha value is -2.57. The molecule has 32 heavy (non-hydrogen) atoms. The molecule has 2 aromatic carbocycles. The van der Waals surface area contributed by atoms with Crippen molar-refractivity contribution in [2.24, 2.45) is 5.92 Å². The average Bonchev–Trinajstić information content (AvgIpc) is 2.78. The van der Waals surface area contributed by atoms with E-state index in [2.05, 4.69) is 36.3 Å². The van der Waals surface area contributed by atoms with Crippen molar-refractivity contribution in [3.8, 4) is 0 Å². The van der Waals surface area contributed by atoms with Crippen molar-refractivity contribution in [1.82, 2.24) is 15.1 Å². The average molecular weight is 457 g/mol. The van der Waals surface area contributed by atoms with Crippen LogP contribution in [0, 0.1) is 5.92 Å². The van der Waals surface area contributed by atoms with Crippen LogP contribution in [0.15, 0.2) is 48.5 Å². The van der Waals surface area contributed by atoms with Crippen LogP contribution in [0.2, 0.25) is 5.02 Å². The molecule has 1 aliphatic heterocycles. The molecule has 0 bridgehead atoms. The summed E-state index contributed by atoms with van der Waals surface area (Å²) in [5.41, 5.74) is 3.04. The van der Waals surface area contributed by atoms with Crippen molar-refractivity contribution in [2.75, 3.05) is 38.0 Å². The van der Waals surface area contributed by atoms with Crippen molar-refractivity contribution in [3.05, 3.63) is 64.7 Å². The second-order valence-corrected chi connectivity index (χ2v) is 8.98. The standard InChI is InChI=1S/C25H33ClN4O2/c1-4-19-7-5-6-8-22(19)27-23(31)17-29-13-15-30(16-14-29)25(32)28-24(18(2)3)20-9-11-21(26)12-10-20/h5-12,18,24H,4,13-17H2,1-3H3,(H,27,31)(H,28,32). The largest absolute Gasteiger partial charge is 0.331 e. The molecular weight excluding hydrogens is 424 g/mol. The maximum absolute atomic E-state index is 12.9. The molecule has 7 heteroatoms. The number of nitrogens with one attached hydrogen (secondary N) is 2. The van der Waals surface area contributed by atoms with Gasteiger partial charge in [-0.1, -0.05) is 62.7 Å². The third-order valence-corrected chi connectivity index (χ3v) is 6.13. The molecule has 1 unspecified atom stereocenters. The molecular formula is C25H33ClN4O2. The summed E-state index contributed by atoms with van der Waals surface area (Å²) in [7, 11) is 0. The smallest absolute Gasteiger partial charge is 0.317 e. The minimum absolute atomic E-state index is 0.0218. The first-order valence-corrected chi connectivity index (χ1v) is 11.7. The predicted molar refractivity (Wildman–Crippen MR) is 130 cm³/mol. The maximum Gasteiger partial charge on any atom is 0.317 e. The number of carbonyl (C=O) groups is 2. The molecule has 172 valence electrons. The monoisotopic (exact) mass is 456 g/mol. The van der Waals surface area contributed by atoms with E-state index < -0.39 is 0 Å². The van der Waals surface area contributed by atoms with Crippen LogP contribution in [0.25, 0.3) is 0 Å². The Morgan fingerprint density at radius 2 is 1.66 bits per heavy atom. The number of hydrogen-bond acceptors (Lipinski definition) is 3. The topological polar surface area (TPSA) is 64.7 Å². The lowest BCUT2D eigenvalue weighted by atomic mass is 9.96. The van der Waals surface area contributed by atoms with E-state index in [-0.39, 0.29) is 23.9 Å². The summed E-state index contributed by atoms with van der Waals surface area (Å²) in [5.74, 6) is 0.225. The number of piperazine rings is 1. The summed E-state index contributed by atoms with van der Waals surface area (Å²) >= 11 is 6.00. The Labute approximate surface area is 195 Å². The molecule has 2 N–H and O–H groups in total. The number of carbonyl (C=O) groups excluding carboxylic acids is 2. The van der Waals surface area contributed by atoms with Gasteiger partial charge >= 0.3 is 6.03 Å². The third kappa shape index (κ3) is 6.47. The van der Waals surface area contributed by atoms with E-state index in [1.54, 1.807) is 0 Å². The summed E-state index contributed by atoms with van der Waals surface area (Å²) in [4.78, 5) is 29.3. The first kappa shape index (κ1) is 24.1. The number of halogens is 1. The Bertz CT molecular complexity index is 908. The van der Waals surface area contributed by atoms with E-state index in [4.69, 9.17) is 11.6 Å². The highest BCUT2D eigenvalue weighted by Crippen LogP contribution is 2.24. The van der Waals surface area contributed by atoms with Crippen LogP contribution in [0.5, 0.6) is 0 Å². The predicted octanol–water partition coefficient (Wildman–Crippen LogP) is 4.57. The molecule has 1 aliphatic rings. The highest BCUT2D eigenvalue weighted by atomic mass is 35.5. The van der Waals surface area contributed by atoms with Gasteiger partial charge in [-0.2, -0.15) is 0 Å². The molecule has 1 atom stereocenters. The highest BCUT2D eigenvalue weighted by Gasteiger charge is 2.26. The van der Waals surface area contributed by atoms with Gasteiger partial charge in [-0.15, -0.1) is 0 Å². The SMILES string of the molecule is CCc1ccccc1NC(=O)CN1CCN(C(=O)NC(c2ccc(Cl)cc2)C(C)C)CC1. The number of para-hydroxylation sites is 1. The number of benzene rings is 2. The fourth-order valence-corrected chi connectivity index (χ4v) is 4.11. The van der Waals surface area contributed by atoms with Crippen molar-refractivity contribution in [2.45, 2.75) is 33.2 Å². The van der Waals surface area contributed by atoms with E-state index in [1.807, 2.05) is 53.4 Å². The number of nitrogens with zero attached hydrogens (tertiary/aromatic N) is 2. The zero-order valence-corrected chi connectivity index (χ0v) is 19.9. The van der Waals surface area contributed by atoms with E-state index in [0.29, 0.717) is 37.7 Å². The molecule has 1 fully saturated rings. The van der Waals surface area contributed by atoms with E-state index in [0.717, 1.165) is 23.2 Å². The molecule has 3 amide bonds. The summed E-state index contributed by atoms with van der Waals surface area (Å²) in [6.07, 6.45) is 0.873. The normalized spacial score (nSPS) is 15.5. The van der Waals surface area contributed by atoms with Gasteiger partial charge in [-0.3, -0.25) is 9.69 Å². The van der Waals surface area contributed by atoms with Crippen LogP contribution in [0.3, 0.4) is 0 Å². The van der Waals surface area contributed by atoms with Gasteiger partial charge in [-0.25, -0.2) is 4.79 Å². The van der Waals surface area contributed by atoms with Gasteiger partial charge in [0, 0.05) is 36.9 Å². The Kier molecular flexibility index (Phi) is 8.53. The number of aryl methyl sites for hydroxylation is 1. The quantitative estimate of drug-likeness (QED) is 0.641. The molecule has 0 saturated carbocycles. The van der Waals surface area contributed by atoms with Crippen molar-refractivity contribution >= 4 is 29.2 Å². The molecule has 1 saturated heterocycles. The number of urea groups is 1. The maximum atomic E-state index is 12.9. The Balaban J connectivity index is 1.49. The lowest BCUT2D eigenvalue weighted by Gasteiger charge is -2.35. The van der Waals surface area contributed by atoms with Crippen molar-refractivity contribution < 1.29 is 9.59 Å². The summed E-state index contributed by atoms with van der Waals surface area (Å²) < 4.78 is 0. The summed E-state index contributed by atoms with van der Waals surface area (Å²) in [5, 5.41) is 6.87. The molecule has 0 radical (unpaired) electrons. The third-order valence-electron chi connectivity index (χ3n) is 5.87. The Morgan fingerprint density at radius 1 is 1.00 bits per heavy atom. The summed E-state index contributed by atoms with van der Waals surface area (Å²) in [6, 6.07) is 15.3. The number of anilines is 1. The van der Waals surface area contributed by atoms with Gasteiger partial charge in [0.1, 0.15) is 0 Å². The van der Waals surface area contributed by atoms with E-state index >= 15 is 0 Å². The second-order valence-electron chi connectivity index (χ2n) is 8.54. The van der Waals surface area contributed by atoms with Crippen LogP contribution in [-0.2, 0) is 11.2 Å². The minimum Gasteiger partial charge on any atom is -0.331 e. The van der Waals surface area contributed by atoms with Gasteiger partial charge in [0.25, 0.3) is 0 Å². The van der Waals surface area contributed by atoms with E-state index in [9.17, 15) is 9.59 Å². The fraction of sp³-hybridized carbons (Fsp3) is 0.440. The zero-order valence-electron chi connectivity index (χ0n) is 19.1. The van der Waals surface area contributed by atoms with Gasteiger partial charge < -0.3 is 15.5 Å². The van der Waals surface area contributed by atoms with Crippen LogP contribution in [0.1, 0.15) is 37.9 Å². The molecule has 0 spiro atoms. The molecule has 2 aromatic rings. The molecule has 3 rings (SSSR count). The van der Waals surface area contributed by atoms with Crippen LogP contribution < -0.4 is 10.6 Å². The number of hydrogen-bond donors (Lipinski definition) is 2. The van der Waals surface area contributed by atoms with Crippen LogP contribution >= 0.6 is 11.6 Å². The fourth-order valence-electron chi connectivity index (χ4n) is 3.98. The molecule has 0 aromatic heterocycles.